The second kappa shape index (κ2) is 13.6. The van der Waals surface area contributed by atoms with Crippen molar-refractivity contribution in [3.05, 3.63) is 11.5 Å². The van der Waals surface area contributed by atoms with Crippen LogP contribution in [0.15, 0.2) is 11.5 Å². The van der Waals surface area contributed by atoms with Gasteiger partial charge in [0, 0.05) is 19.3 Å². The summed E-state index contributed by atoms with van der Waals surface area (Å²) < 4.78 is 25.1. The van der Waals surface area contributed by atoms with Crippen molar-refractivity contribution < 1.29 is 53.1 Å². The highest BCUT2D eigenvalue weighted by Crippen LogP contribution is 2.28. The monoisotopic (exact) mass is 446 g/mol. The Hall–Kier alpha value is -2.66. The van der Waals surface area contributed by atoms with Crippen molar-refractivity contribution in [2.75, 3.05) is 19.8 Å². The summed E-state index contributed by atoms with van der Waals surface area (Å²) in [5.41, 5.74) is 0. The molecule has 1 aliphatic heterocycles. The second-order valence-electron chi connectivity index (χ2n) is 6.75. The van der Waals surface area contributed by atoms with E-state index in [-0.39, 0.29) is 31.6 Å². The Morgan fingerprint density at radius 2 is 1.55 bits per heavy atom. The Balaban J connectivity index is 2.87. The number of hydrogen-bond acceptors (Lipinski definition) is 11. The van der Waals surface area contributed by atoms with Gasteiger partial charge in [-0.3, -0.25) is 14.4 Å². The van der Waals surface area contributed by atoms with Crippen molar-refractivity contribution in [3.8, 4) is 0 Å². The van der Waals surface area contributed by atoms with E-state index < -0.39 is 61.2 Å². The highest BCUT2D eigenvalue weighted by Gasteiger charge is 2.43. The van der Waals surface area contributed by atoms with Crippen molar-refractivity contribution >= 4 is 23.9 Å². The van der Waals surface area contributed by atoms with E-state index >= 15 is 0 Å². The number of rotatable bonds is 14. The zero-order chi connectivity index (χ0) is 23.4. The molecule has 0 aliphatic carbocycles. The summed E-state index contributed by atoms with van der Waals surface area (Å²) in [7, 11) is 0. The van der Waals surface area contributed by atoms with Crippen molar-refractivity contribution in [2.45, 2.75) is 71.2 Å². The van der Waals surface area contributed by atoms with Crippen LogP contribution in [0.2, 0.25) is 0 Å². The van der Waals surface area contributed by atoms with E-state index in [9.17, 15) is 29.4 Å². The van der Waals surface area contributed by atoms with Crippen molar-refractivity contribution in [1.29, 1.82) is 0 Å². The van der Waals surface area contributed by atoms with Gasteiger partial charge in [-0.2, -0.15) is 0 Å². The molecule has 11 nitrogen and oxygen atoms in total. The van der Waals surface area contributed by atoms with Gasteiger partial charge in [0.1, 0.15) is 32.0 Å². The van der Waals surface area contributed by atoms with E-state index in [0.29, 0.717) is 12.8 Å². The summed E-state index contributed by atoms with van der Waals surface area (Å²) in [4.78, 5) is 46.8. The molecule has 0 aromatic rings. The van der Waals surface area contributed by atoms with E-state index in [4.69, 9.17) is 23.7 Å². The molecule has 0 saturated heterocycles. The third-order valence-electron chi connectivity index (χ3n) is 3.94. The number of carbonyl (C=O) groups is 4. The molecule has 0 fully saturated rings. The van der Waals surface area contributed by atoms with Gasteiger partial charge in [-0.1, -0.05) is 20.8 Å². The fraction of sp³-hybridized carbons (Fsp3) is 0.700. The number of hydrogen-bond donors (Lipinski definition) is 2. The topological polar surface area (TPSA) is 155 Å². The first-order valence-corrected chi connectivity index (χ1v) is 10.2. The third-order valence-corrected chi connectivity index (χ3v) is 3.94. The minimum Gasteiger partial charge on any atom is -0.481 e. The Labute approximate surface area is 180 Å². The molecule has 3 atom stereocenters. The highest BCUT2D eigenvalue weighted by molar-refractivity contribution is 5.90. The smallest absolute Gasteiger partial charge is 0.378 e. The average molecular weight is 446 g/mol. The van der Waals surface area contributed by atoms with Gasteiger partial charge in [-0.25, -0.2) is 4.79 Å². The van der Waals surface area contributed by atoms with Gasteiger partial charge in [0.05, 0.1) is 0 Å². The van der Waals surface area contributed by atoms with Gasteiger partial charge in [-0.15, -0.1) is 0 Å². The predicted octanol–water partition coefficient (Wildman–Crippen LogP) is 0.502. The Morgan fingerprint density at radius 1 is 0.935 bits per heavy atom. The molecule has 2 N–H and O–H groups in total. The molecule has 0 radical (unpaired) electrons. The van der Waals surface area contributed by atoms with Crippen LogP contribution in [-0.2, 0) is 42.9 Å². The van der Waals surface area contributed by atoms with Crippen molar-refractivity contribution in [1.82, 2.24) is 0 Å². The lowest BCUT2D eigenvalue weighted by Gasteiger charge is -2.19. The quantitative estimate of drug-likeness (QED) is 0.283. The number of aliphatic hydroxyl groups excluding tert-OH is 2. The minimum atomic E-state index is -1.51. The van der Waals surface area contributed by atoms with Crippen LogP contribution < -0.4 is 0 Å². The van der Waals surface area contributed by atoms with Gasteiger partial charge < -0.3 is 33.9 Å². The average Bonchev–Trinajstić information content (AvgIpc) is 3.04. The van der Waals surface area contributed by atoms with E-state index in [2.05, 4.69) is 0 Å². The van der Waals surface area contributed by atoms with Gasteiger partial charge >= 0.3 is 23.9 Å². The number of ether oxygens (including phenoxy) is 5. The Bertz CT molecular complexity index is 670. The first-order chi connectivity index (χ1) is 14.7. The predicted molar refractivity (Wildman–Crippen MR) is 103 cm³/mol. The molecular formula is C20H30O11. The normalized spacial score (nSPS) is 17.6. The van der Waals surface area contributed by atoms with Crippen LogP contribution in [0.25, 0.3) is 0 Å². The summed E-state index contributed by atoms with van der Waals surface area (Å²) in [5, 5.41) is 20.2. The summed E-state index contributed by atoms with van der Waals surface area (Å²) in [6, 6.07) is 0. The molecule has 0 aromatic heterocycles. The largest absolute Gasteiger partial charge is 0.481 e. The number of cyclic esters (lactones) is 1. The maximum Gasteiger partial charge on any atom is 0.378 e. The van der Waals surface area contributed by atoms with E-state index in [1.807, 2.05) is 0 Å². The van der Waals surface area contributed by atoms with Crippen LogP contribution in [-0.4, -0.2) is 72.2 Å². The summed E-state index contributed by atoms with van der Waals surface area (Å²) in [6.45, 7) is 3.80. The van der Waals surface area contributed by atoms with Crippen LogP contribution >= 0.6 is 0 Å². The SMILES string of the molecule is CCCC(=O)OCC(O)COC1=C(OC(=O)CCC)C(C(O)COC(=O)CC)OC1=O. The molecule has 0 aromatic carbocycles. The maximum absolute atomic E-state index is 12.2. The van der Waals surface area contributed by atoms with Crippen LogP contribution in [0.4, 0.5) is 0 Å². The van der Waals surface area contributed by atoms with Crippen molar-refractivity contribution in [3.63, 3.8) is 0 Å². The molecular weight excluding hydrogens is 416 g/mol. The number of carbonyl (C=O) groups excluding carboxylic acids is 4. The van der Waals surface area contributed by atoms with Gasteiger partial charge in [0.2, 0.25) is 11.5 Å². The van der Waals surface area contributed by atoms with E-state index in [0.717, 1.165) is 0 Å². The lowest BCUT2D eigenvalue weighted by atomic mass is 10.2. The highest BCUT2D eigenvalue weighted by atomic mass is 16.6. The van der Waals surface area contributed by atoms with E-state index in [1.165, 1.54) is 0 Å². The van der Waals surface area contributed by atoms with Crippen LogP contribution in [0.1, 0.15) is 52.9 Å². The van der Waals surface area contributed by atoms with Crippen molar-refractivity contribution in [2.24, 2.45) is 0 Å². The number of esters is 4. The molecule has 0 bridgehead atoms. The molecule has 3 unspecified atom stereocenters. The van der Waals surface area contributed by atoms with Gasteiger partial charge in [0.25, 0.3) is 0 Å². The fourth-order valence-electron chi connectivity index (χ4n) is 2.38. The van der Waals surface area contributed by atoms with Crippen LogP contribution in [0, 0.1) is 0 Å². The minimum absolute atomic E-state index is 0.0363. The van der Waals surface area contributed by atoms with E-state index in [1.54, 1.807) is 20.8 Å². The molecule has 1 rings (SSSR count). The lowest BCUT2D eigenvalue weighted by Crippen LogP contribution is -2.34. The van der Waals surface area contributed by atoms with Crippen LogP contribution in [0.5, 0.6) is 0 Å². The molecule has 11 heteroatoms. The summed E-state index contributed by atoms with van der Waals surface area (Å²) in [5.74, 6) is -3.66. The fourth-order valence-corrected chi connectivity index (χ4v) is 2.38. The standard InChI is InChI=1S/C20H30O11/c1-4-7-15(24)27-9-12(21)10-29-19-18(30-16(25)8-5-2)17(31-20(19)26)13(22)11-28-14(23)6-3/h12-13,17,21-22H,4-11H2,1-3H3. The first kappa shape index (κ1) is 26.4. The lowest BCUT2D eigenvalue weighted by molar-refractivity contribution is -0.157. The maximum atomic E-state index is 12.2. The molecule has 0 saturated carbocycles. The van der Waals surface area contributed by atoms with Gasteiger partial charge in [-0.05, 0) is 12.8 Å². The molecule has 0 amide bonds. The second-order valence-corrected chi connectivity index (χ2v) is 6.75. The van der Waals surface area contributed by atoms with Crippen LogP contribution in [0.3, 0.4) is 0 Å². The summed E-state index contributed by atoms with van der Waals surface area (Å²) in [6.07, 6.45) is -2.82. The zero-order valence-electron chi connectivity index (χ0n) is 18.0. The number of aliphatic hydroxyl groups is 2. The molecule has 176 valence electrons. The Morgan fingerprint density at radius 3 is 2.16 bits per heavy atom. The summed E-state index contributed by atoms with van der Waals surface area (Å²) >= 11 is 0. The molecule has 31 heavy (non-hydrogen) atoms. The molecule has 1 aliphatic rings. The third kappa shape index (κ3) is 8.93. The zero-order valence-corrected chi connectivity index (χ0v) is 18.0. The molecule has 1 heterocycles. The van der Waals surface area contributed by atoms with Gasteiger partial charge in [0.15, 0.2) is 6.10 Å². The Kier molecular flexibility index (Phi) is 11.6. The first-order valence-electron chi connectivity index (χ1n) is 10.2. The molecule has 0 spiro atoms.